The van der Waals surface area contributed by atoms with Crippen LogP contribution in [0.4, 0.5) is 0 Å². The van der Waals surface area contributed by atoms with Crippen LogP contribution in [0.1, 0.15) is 13.8 Å². The molecule has 0 radical (unpaired) electrons. The van der Waals surface area contributed by atoms with Crippen molar-refractivity contribution in [3.05, 3.63) is 18.5 Å². The molecular weight excluding hydrogens is 294 g/mol. The molecule has 0 amide bonds. The molecule has 0 saturated carbocycles. The maximum Gasteiger partial charge on any atom is 0.313 e. The molecule has 0 spiro atoms. The van der Waals surface area contributed by atoms with Crippen LogP contribution in [-0.4, -0.2) is 42.4 Å². The summed E-state index contributed by atoms with van der Waals surface area (Å²) in [5.41, 5.74) is 1.80. The third-order valence-corrected chi connectivity index (χ3v) is 5.13. The monoisotopic (exact) mass is 311 g/mol. The van der Waals surface area contributed by atoms with Gasteiger partial charge in [0.05, 0.1) is 17.5 Å². The van der Waals surface area contributed by atoms with Crippen LogP contribution < -0.4 is 0 Å². The first kappa shape index (κ1) is 15.2. The smallest absolute Gasteiger partial charge is 0.313 e. The van der Waals surface area contributed by atoms with Crippen LogP contribution in [0.25, 0.3) is 11.0 Å². The Kier molecular flexibility index (Phi) is 4.59. The molecule has 0 aromatic carbocycles. The Labute approximate surface area is 126 Å². The van der Waals surface area contributed by atoms with Gasteiger partial charge in [-0.05, 0) is 26.2 Å². The number of imidazole rings is 1. The van der Waals surface area contributed by atoms with Crippen LogP contribution in [0.15, 0.2) is 23.6 Å². The lowest BCUT2D eigenvalue weighted by Gasteiger charge is -2.23. The van der Waals surface area contributed by atoms with Gasteiger partial charge in [-0.2, -0.15) is 11.8 Å². The van der Waals surface area contributed by atoms with Crippen molar-refractivity contribution < 1.29 is 9.90 Å². The molecule has 2 aromatic heterocycles. The van der Waals surface area contributed by atoms with Gasteiger partial charge in [0.2, 0.25) is 0 Å². The summed E-state index contributed by atoms with van der Waals surface area (Å²) in [5.74, 6) is -0.827. The molecule has 0 atom stereocenters. The summed E-state index contributed by atoms with van der Waals surface area (Å²) in [4.78, 5) is 19.3. The van der Waals surface area contributed by atoms with Crippen molar-refractivity contribution in [2.24, 2.45) is 0 Å². The predicted octanol–water partition coefficient (Wildman–Crippen LogP) is 2.75. The number of carboxylic acid groups (broad SMARTS) is 1. The molecular formula is C13H17N3O2S2. The number of fused-ring (bicyclic) bond motifs is 1. The van der Waals surface area contributed by atoms with Crippen molar-refractivity contribution in [3.8, 4) is 0 Å². The fourth-order valence-electron chi connectivity index (χ4n) is 1.79. The molecule has 5 nitrogen and oxygen atoms in total. The molecule has 0 aliphatic heterocycles. The SMILES string of the molecule is CSC(C)(C)Cn1c(SCC(=O)O)nc2cnccc21. The standard InChI is InChI=1S/C13H17N3O2S2/c1-13(2,19-3)8-16-10-4-5-14-6-9(10)15-12(16)20-7-11(17)18/h4-6H,7-8H2,1-3H3,(H,17,18). The van der Waals surface area contributed by atoms with E-state index in [1.54, 1.807) is 24.2 Å². The average Bonchev–Trinajstić information content (AvgIpc) is 2.74. The van der Waals surface area contributed by atoms with Crippen LogP contribution in [0.3, 0.4) is 0 Å². The molecule has 0 fully saturated rings. The largest absolute Gasteiger partial charge is 0.481 e. The van der Waals surface area contributed by atoms with Gasteiger partial charge in [-0.3, -0.25) is 9.78 Å². The first-order valence-corrected chi connectivity index (χ1v) is 8.34. The molecule has 0 aliphatic rings. The molecule has 0 unspecified atom stereocenters. The Morgan fingerprint density at radius 1 is 1.50 bits per heavy atom. The summed E-state index contributed by atoms with van der Waals surface area (Å²) in [6.45, 7) is 5.10. The lowest BCUT2D eigenvalue weighted by Crippen LogP contribution is -2.23. The Morgan fingerprint density at radius 2 is 2.25 bits per heavy atom. The third-order valence-electron chi connectivity index (χ3n) is 2.93. The highest BCUT2D eigenvalue weighted by atomic mass is 32.2. The molecule has 2 rings (SSSR count). The van der Waals surface area contributed by atoms with Crippen LogP contribution in [0.5, 0.6) is 0 Å². The number of hydrogen-bond donors (Lipinski definition) is 1. The zero-order valence-electron chi connectivity index (χ0n) is 11.7. The molecule has 7 heteroatoms. The minimum Gasteiger partial charge on any atom is -0.481 e. The van der Waals surface area contributed by atoms with Crippen LogP contribution in [0, 0.1) is 0 Å². The fourth-order valence-corrected chi connectivity index (χ4v) is 2.79. The number of carbonyl (C=O) groups is 1. The van der Waals surface area contributed by atoms with Crippen molar-refractivity contribution in [2.75, 3.05) is 12.0 Å². The first-order valence-electron chi connectivity index (χ1n) is 6.13. The summed E-state index contributed by atoms with van der Waals surface area (Å²) in [7, 11) is 0. The quantitative estimate of drug-likeness (QED) is 0.827. The molecule has 0 saturated heterocycles. The van der Waals surface area contributed by atoms with E-state index in [1.165, 1.54) is 11.8 Å². The average molecular weight is 311 g/mol. The maximum atomic E-state index is 10.8. The second-order valence-corrected chi connectivity index (χ2v) is 7.45. The van der Waals surface area contributed by atoms with Gasteiger partial charge in [-0.25, -0.2) is 4.98 Å². The lowest BCUT2D eigenvalue weighted by molar-refractivity contribution is -0.133. The van der Waals surface area contributed by atoms with Crippen molar-refractivity contribution in [3.63, 3.8) is 0 Å². The van der Waals surface area contributed by atoms with E-state index in [1.807, 2.05) is 6.07 Å². The minimum absolute atomic E-state index is 0.0104. The Balaban J connectivity index is 2.41. The number of aromatic nitrogens is 3. The summed E-state index contributed by atoms with van der Waals surface area (Å²) in [5, 5.41) is 9.58. The fraction of sp³-hybridized carbons (Fsp3) is 0.462. The highest BCUT2D eigenvalue weighted by molar-refractivity contribution is 8.00. The molecule has 108 valence electrons. The van der Waals surface area contributed by atoms with E-state index < -0.39 is 5.97 Å². The molecule has 1 N–H and O–H groups in total. The second-order valence-electron chi connectivity index (χ2n) is 4.99. The zero-order valence-corrected chi connectivity index (χ0v) is 13.3. The molecule has 0 bridgehead atoms. The number of nitrogens with zero attached hydrogens (tertiary/aromatic N) is 3. The van der Waals surface area contributed by atoms with Gasteiger partial charge in [0.1, 0.15) is 5.52 Å². The number of hydrogen-bond acceptors (Lipinski definition) is 5. The second kappa shape index (κ2) is 6.05. The van der Waals surface area contributed by atoms with Gasteiger partial charge >= 0.3 is 5.97 Å². The lowest BCUT2D eigenvalue weighted by atomic mass is 10.2. The van der Waals surface area contributed by atoms with Gasteiger partial charge in [0.15, 0.2) is 5.16 Å². The van der Waals surface area contributed by atoms with Gasteiger partial charge in [-0.1, -0.05) is 11.8 Å². The third kappa shape index (κ3) is 3.46. The highest BCUT2D eigenvalue weighted by Gasteiger charge is 2.21. The summed E-state index contributed by atoms with van der Waals surface area (Å²) in [6.07, 6.45) is 5.52. The topological polar surface area (TPSA) is 68.0 Å². The van der Waals surface area contributed by atoms with E-state index in [9.17, 15) is 4.79 Å². The maximum absolute atomic E-state index is 10.8. The van der Waals surface area contributed by atoms with E-state index in [-0.39, 0.29) is 10.5 Å². The number of thioether (sulfide) groups is 2. The Hall–Kier alpha value is -1.21. The molecule has 2 aromatic rings. The van der Waals surface area contributed by atoms with Crippen molar-refractivity contribution in [1.82, 2.24) is 14.5 Å². The van der Waals surface area contributed by atoms with Crippen LogP contribution in [-0.2, 0) is 11.3 Å². The number of carboxylic acids is 1. The van der Waals surface area contributed by atoms with Crippen LogP contribution >= 0.6 is 23.5 Å². The number of aliphatic carboxylic acids is 1. The first-order chi connectivity index (χ1) is 9.43. The molecule has 20 heavy (non-hydrogen) atoms. The molecule has 2 heterocycles. The summed E-state index contributed by atoms with van der Waals surface area (Å²) >= 11 is 3.02. The highest BCUT2D eigenvalue weighted by Crippen LogP contribution is 2.30. The number of pyridine rings is 1. The van der Waals surface area contributed by atoms with Crippen molar-refractivity contribution in [2.45, 2.75) is 30.3 Å². The summed E-state index contributed by atoms with van der Waals surface area (Å²) in [6, 6.07) is 1.92. The minimum atomic E-state index is -0.837. The predicted molar refractivity (Wildman–Crippen MR) is 83.5 cm³/mol. The van der Waals surface area contributed by atoms with Gasteiger partial charge in [-0.15, -0.1) is 0 Å². The van der Waals surface area contributed by atoms with E-state index in [2.05, 4.69) is 34.6 Å². The van der Waals surface area contributed by atoms with E-state index in [4.69, 9.17) is 5.11 Å². The van der Waals surface area contributed by atoms with E-state index >= 15 is 0 Å². The van der Waals surface area contributed by atoms with Crippen LogP contribution in [0.2, 0.25) is 0 Å². The van der Waals surface area contributed by atoms with E-state index in [0.717, 1.165) is 22.7 Å². The number of rotatable bonds is 6. The van der Waals surface area contributed by atoms with Gasteiger partial charge in [0, 0.05) is 17.5 Å². The Bertz CT molecular complexity index is 625. The summed E-state index contributed by atoms with van der Waals surface area (Å²) < 4.78 is 2.14. The normalized spacial score (nSPS) is 11.9. The Morgan fingerprint density at radius 3 is 2.90 bits per heavy atom. The molecule has 0 aliphatic carbocycles. The van der Waals surface area contributed by atoms with Crippen molar-refractivity contribution >= 4 is 40.5 Å². The van der Waals surface area contributed by atoms with Crippen molar-refractivity contribution in [1.29, 1.82) is 0 Å². The van der Waals surface area contributed by atoms with E-state index in [0.29, 0.717) is 0 Å². The zero-order chi connectivity index (χ0) is 14.8. The van der Waals surface area contributed by atoms with Gasteiger partial charge < -0.3 is 9.67 Å². The van der Waals surface area contributed by atoms with Gasteiger partial charge in [0.25, 0.3) is 0 Å².